The van der Waals surface area contributed by atoms with E-state index < -0.39 is 11.9 Å². The molecule has 160 valence electrons. The maximum atomic E-state index is 12.7. The summed E-state index contributed by atoms with van der Waals surface area (Å²) < 4.78 is 1.78. The Labute approximate surface area is 174 Å². The maximum Gasteiger partial charge on any atom is 0.328 e. The van der Waals surface area contributed by atoms with Crippen molar-refractivity contribution in [2.24, 2.45) is 7.05 Å². The van der Waals surface area contributed by atoms with Gasteiger partial charge in [0.25, 0.3) is 5.91 Å². The molecule has 0 aliphatic carbocycles. The van der Waals surface area contributed by atoms with Crippen LogP contribution in [0.3, 0.4) is 0 Å². The van der Waals surface area contributed by atoms with E-state index in [-0.39, 0.29) is 11.9 Å². The van der Waals surface area contributed by atoms with Gasteiger partial charge in [0.2, 0.25) is 0 Å². The van der Waals surface area contributed by atoms with Gasteiger partial charge in [-0.1, -0.05) is 18.2 Å². The van der Waals surface area contributed by atoms with Gasteiger partial charge in [-0.15, -0.1) is 0 Å². The number of nitrogens with one attached hydrogen (secondary N) is 1. The van der Waals surface area contributed by atoms with Crippen molar-refractivity contribution in [1.29, 1.82) is 0 Å². The first-order valence-corrected chi connectivity index (χ1v) is 9.84. The number of hydrogen-bond acceptors (Lipinski definition) is 5. The average molecular weight is 414 g/mol. The highest BCUT2D eigenvalue weighted by Crippen LogP contribution is 2.34. The van der Waals surface area contributed by atoms with Gasteiger partial charge in [0.1, 0.15) is 0 Å². The van der Waals surface area contributed by atoms with E-state index in [4.69, 9.17) is 10.2 Å². The quantitative estimate of drug-likeness (QED) is 0.650. The minimum absolute atomic E-state index is 0.0363. The molecule has 1 aromatic heterocycles. The first-order chi connectivity index (χ1) is 14.3. The summed E-state index contributed by atoms with van der Waals surface area (Å²) in [7, 11) is 4.10. The molecule has 30 heavy (non-hydrogen) atoms. The van der Waals surface area contributed by atoms with Crippen molar-refractivity contribution in [2.75, 3.05) is 7.05 Å². The van der Waals surface area contributed by atoms with Crippen molar-refractivity contribution in [3.05, 3.63) is 42.1 Å². The predicted octanol–water partition coefficient (Wildman–Crippen LogP) is 1.64. The summed E-state index contributed by atoms with van der Waals surface area (Å²) in [6.07, 6.45) is 5.76. The first kappa shape index (κ1) is 21.5. The molecule has 1 amide bonds. The predicted molar refractivity (Wildman–Crippen MR) is 110 cm³/mol. The molecule has 0 spiro atoms. The minimum Gasteiger partial charge on any atom is -0.478 e. The fourth-order valence-corrected chi connectivity index (χ4v) is 4.31. The summed E-state index contributed by atoms with van der Waals surface area (Å²) in [5.74, 6) is -2.55. The summed E-state index contributed by atoms with van der Waals surface area (Å²) in [5.41, 5.74) is 1.54. The SMILES string of the molecule is CN1[C@@H]2CC[C@H]1CC(NC(=O)c1nn(C)c3ccccc13)C2.O=C(O)/C=C\C(=O)O. The molecule has 1 aromatic carbocycles. The summed E-state index contributed by atoms with van der Waals surface area (Å²) in [6.45, 7) is 0. The Bertz CT molecular complexity index is 953. The molecule has 0 saturated carbocycles. The summed E-state index contributed by atoms with van der Waals surface area (Å²) in [5, 5.41) is 24.2. The molecule has 9 heteroatoms. The van der Waals surface area contributed by atoms with E-state index in [1.165, 1.54) is 12.8 Å². The van der Waals surface area contributed by atoms with Crippen molar-refractivity contribution in [3.8, 4) is 0 Å². The molecule has 3 atom stereocenters. The lowest BCUT2D eigenvalue weighted by molar-refractivity contribution is -0.134. The number of aliphatic carboxylic acids is 2. The van der Waals surface area contributed by atoms with Crippen molar-refractivity contribution < 1.29 is 24.6 Å². The molecule has 2 aliphatic rings. The highest BCUT2D eigenvalue weighted by molar-refractivity contribution is 6.04. The van der Waals surface area contributed by atoms with E-state index in [0.717, 1.165) is 23.7 Å². The van der Waals surface area contributed by atoms with E-state index in [9.17, 15) is 14.4 Å². The molecule has 2 aliphatic heterocycles. The second kappa shape index (κ2) is 9.08. The third-order valence-electron chi connectivity index (χ3n) is 5.77. The molecular formula is C21H26N4O5. The number of fused-ring (bicyclic) bond motifs is 3. The van der Waals surface area contributed by atoms with Crippen LogP contribution in [0.1, 0.15) is 36.2 Å². The first-order valence-electron chi connectivity index (χ1n) is 9.84. The number of carbonyl (C=O) groups excluding carboxylic acids is 1. The zero-order valence-electron chi connectivity index (χ0n) is 17.0. The smallest absolute Gasteiger partial charge is 0.328 e. The summed E-state index contributed by atoms with van der Waals surface area (Å²) in [6, 6.07) is 9.43. The zero-order chi connectivity index (χ0) is 21.8. The minimum atomic E-state index is -1.26. The van der Waals surface area contributed by atoms with Crippen molar-refractivity contribution in [2.45, 2.75) is 43.8 Å². The Morgan fingerprint density at radius 3 is 2.17 bits per heavy atom. The molecule has 2 aromatic rings. The number of para-hydroxylation sites is 1. The largest absolute Gasteiger partial charge is 0.478 e. The normalized spacial score (nSPS) is 23.2. The molecule has 3 heterocycles. The van der Waals surface area contributed by atoms with Gasteiger partial charge in [-0.2, -0.15) is 5.10 Å². The summed E-state index contributed by atoms with van der Waals surface area (Å²) >= 11 is 0. The number of carbonyl (C=O) groups is 3. The number of carboxylic acids is 2. The number of aryl methyl sites for hydroxylation is 1. The Hall–Kier alpha value is -3.20. The zero-order valence-corrected chi connectivity index (χ0v) is 17.0. The maximum absolute atomic E-state index is 12.7. The van der Waals surface area contributed by atoms with E-state index in [1.807, 2.05) is 31.3 Å². The Balaban J connectivity index is 0.000000275. The lowest BCUT2D eigenvalue weighted by atomic mass is 9.98. The van der Waals surface area contributed by atoms with Crippen LogP contribution in [0, 0.1) is 0 Å². The second-order valence-electron chi connectivity index (χ2n) is 7.69. The van der Waals surface area contributed by atoms with Crippen LogP contribution >= 0.6 is 0 Å². The molecule has 2 saturated heterocycles. The van der Waals surface area contributed by atoms with E-state index in [0.29, 0.717) is 29.9 Å². The van der Waals surface area contributed by atoms with E-state index in [2.05, 4.69) is 22.4 Å². The highest BCUT2D eigenvalue weighted by atomic mass is 16.4. The second-order valence-corrected chi connectivity index (χ2v) is 7.69. The number of rotatable bonds is 4. The third kappa shape index (κ3) is 4.85. The molecule has 3 N–H and O–H groups in total. The lowest BCUT2D eigenvalue weighted by Crippen LogP contribution is -2.48. The van der Waals surface area contributed by atoms with Crippen molar-refractivity contribution in [3.63, 3.8) is 0 Å². The topological polar surface area (TPSA) is 125 Å². The number of hydrogen-bond donors (Lipinski definition) is 3. The van der Waals surface area contributed by atoms with Crippen LogP contribution in [0.15, 0.2) is 36.4 Å². The molecule has 0 radical (unpaired) electrons. The van der Waals surface area contributed by atoms with Crippen LogP contribution < -0.4 is 5.32 Å². The number of carboxylic acid groups (broad SMARTS) is 2. The number of piperidine rings is 1. The van der Waals surface area contributed by atoms with Gasteiger partial charge >= 0.3 is 11.9 Å². The summed E-state index contributed by atoms with van der Waals surface area (Å²) in [4.78, 5) is 34.2. The van der Waals surface area contributed by atoms with Crippen LogP contribution in [0.2, 0.25) is 0 Å². The van der Waals surface area contributed by atoms with E-state index >= 15 is 0 Å². The van der Waals surface area contributed by atoms with Crippen LogP contribution in [-0.4, -0.2) is 67.9 Å². The fraction of sp³-hybridized carbons (Fsp3) is 0.429. The van der Waals surface area contributed by atoms with Crippen LogP contribution in [0.25, 0.3) is 10.9 Å². The molecule has 2 fully saturated rings. The van der Waals surface area contributed by atoms with E-state index in [1.54, 1.807) is 4.68 Å². The standard InChI is InChI=1S/C17H22N4O.C4H4O4/c1-20-12-7-8-13(20)10-11(9-12)18-17(22)16-14-5-3-4-6-15(14)21(2)19-16;5-3(6)1-2-4(7)8/h3-6,11-13H,7-10H2,1-2H3,(H,18,22);1-2H,(H,5,6)(H,7,8)/b;2-1-/t11?,12-,13+;. The molecule has 4 rings (SSSR count). The van der Waals surface area contributed by atoms with Crippen LogP contribution in [-0.2, 0) is 16.6 Å². The van der Waals surface area contributed by atoms with Gasteiger partial charge in [-0.05, 0) is 38.8 Å². The van der Waals surface area contributed by atoms with Gasteiger partial charge < -0.3 is 20.4 Å². The third-order valence-corrected chi connectivity index (χ3v) is 5.77. The van der Waals surface area contributed by atoms with Crippen LogP contribution in [0.4, 0.5) is 0 Å². The Morgan fingerprint density at radius 2 is 1.60 bits per heavy atom. The average Bonchev–Trinajstić information content (AvgIpc) is 3.12. The Kier molecular flexibility index (Phi) is 6.51. The van der Waals surface area contributed by atoms with Gasteiger partial charge in [0.05, 0.1) is 5.52 Å². The molecule has 9 nitrogen and oxygen atoms in total. The monoisotopic (exact) mass is 414 g/mol. The van der Waals surface area contributed by atoms with Crippen molar-refractivity contribution >= 4 is 28.7 Å². The molecular weight excluding hydrogens is 388 g/mol. The molecule has 1 unspecified atom stereocenters. The number of amides is 1. The van der Waals surface area contributed by atoms with Crippen LogP contribution in [0.5, 0.6) is 0 Å². The van der Waals surface area contributed by atoms with Gasteiger partial charge in [0, 0.05) is 42.7 Å². The van der Waals surface area contributed by atoms with Gasteiger partial charge in [-0.3, -0.25) is 9.48 Å². The van der Waals surface area contributed by atoms with Crippen molar-refractivity contribution in [1.82, 2.24) is 20.0 Å². The fourth-order valence-electron chi connectivity index (χ4n) is 4.31. The molecule has 2 bridgehead atoms. The number of nitrogens with zero attached hydrogens (tertiary/aromatic N) is 3. The highest BCUT2D eigenvalue weighted by Gasteiger charge is 2.39. The number of aromatic nitrogens is 2. The van der Waals surface area contributed by atoms with Gasteiger partial charge in [0.15, 0.2) is 5.69 Å². The Morgan fingerprint density at radius 1 is 1.03 bits per heavy atom. The lowest BCUT2D eigenvalue weighted by Gasteiger charge is -2.36. The van der Waals surface area contributed by atoms with Gasteiger partial charge in [-0.25, -0.2) is 9.59 Å². The number of benzene rings is 1.